The average Bonchev–Trinajstić information content (AvgIpc) is 2.88. The normalized spacial score (nSPS) is 12.3. The smallest absolute Gasteiger partial charge is 0.282 e. The van der Waals surface area contributed by atoms with Gasteiger partial charge in [-0.1, -0.05) is 17.7 Å². The highest BCUT2D eigenvalue weighted by molar-refractivity contribution is 9.10. The van der Waals surface area contributed by atoms with Gasteiger partial charge in [0.1, 0.15) is 11.6 Å². The first-order chi connectivity index (χ1) is 10.7. The van der Waals surface area contributed by atoms with Crippen molar-refractivity contribution in [3.63, 3.8) is 0 Å². The van der Waals surface area contributed by atoms with Gasteiger partial charge in [0.2, 0.25) is 0 Å². The quantitative estimate of drug-likeness (QED) is 0.710. The molecule has 5 nitrogen and oxygen atoms in total. The van der Waals surface area contributed by atoms with Crippen LogP contribution >= 0.6 is 27.5 Å². The molecule has 0 aliphatic heterocycles. The molecule has 0 aliphatic rings. The van der Waals surface area contributed by atoms with E-state index in [0.717, 1.165) is 8.61 Å². The Labute approximate surface area is 147 Å². The summed E-state index contributed by atoms with van der Waals surface area (Å²) in [6, 6.07) is 7.58. The van der Waals surface area contributed by atoms with Crippen LogP contribution < -0.4 is 0 Å². The van der Waals surface area contributed by atoms with Crippen LogP contribution in [0.3, 0.4) is 0 Å². The van der Waals surface area contributed by atoms with Crippen molar-refractivity contribution < 1.29 is 17.2 Å². The minimum absolute atomic E-state index is 0.0588. The molecule has 2 aromatic rings. The molecule has 0 atom stereocenters. The number of hydrogen-bond acceptors (Lipinski definition) is 3. The van der Waals surface area contributed by atoms with Gasteiger partial charge in [0.15, 0.2) is 4.67 Å². The van der Waals surface area contributed by atoms with Gasteiger partial charge >= 0.3 is 0 Å². The van der Waals surface area contributed by atoms with Crippen LogP contribution in [0.25, 0.3) is 0 Å². The second-order valence-electron chi connectivity index (χ2n) is 4.93. The Kier molecular flexibility index (Phi) is 5.85. The summed E-state index contributed by atoms with van der Waals surface area (Å²) in [5, 5.41) is 0.185. The van der Waals surface area contributed by atoms with Crippen molar-refractivity contribution in [2.24, 2.45) is 0 Å². The molecule has 0 aliphatic carbocycles. The molecule has 0 saturated carbocycles. The molecule has 0 amide bonds. The van der Waals surface area contributed by atoms with Crippen LogP contribution in [0.15, 0.2) is 39.4 Å². The zero-order chi connectivity index (χ0) is 17.2. The van der Waals surface area contributed by atoms with Crippen molar-refractivity contribution in [2.45, 2.75) is 13.1 Å². The van der Waals surface area contributed by atoms with Crippen LogP contribution in [-0.2, 0) is 23.3 Å². The summed E-state index contributed by atoms with van der Waals surface area (Å²) in [7, 11) is -1.00. The first-order valence-corrected chi connectivity index (χ1v) is 9.13. The largest absolute Gasteiger partial charge is 0.453 e. The molecule has 0 saturated heterocycles. The second-order valence-corrected chi connectivity index (χ2v) is 8.26. The van der Waals surface area contributed by atoms with E-state index in [1.165, 1.54) is 32.3 Å². The number of halogens is 3. The predicted molar refractivity (Wildman–Crippen MR) is 89.7 cm³/mol. The van der Waals surface area contributed by atoms with Crippen molar-refractivity contribution >= 4 is 37.7 Å². The average molecular weight is 426 g/mol. The summed E-state index contributed by atoms with van der Waals surface area (Å²) in [4.78, 5) is 0. The van der Waals surface area contributed by atoms with E-state index in [1.54, 1.807) is 12.1 Å². The first kappa shape index (κ1) is 18.4. The molecular weight excluding hydrogens is 411 g/mol. The molecular formula is C14H15BrClFN2O3S. The summed E-state index contributed by atoms with van der Waals surface area (Å²) in [5.41, 5.74) is 0.134. The predicted octanol–water partition coefficient (Wildman–Crippen LogP) is 3.64. The van der Waals surface area contributed by atoms with Crippen LogP contribution in [0.1, 0.15) is 11.3 Å². The third-order valence-corrected chi connectivity index (χ3v) is 5.85. The van der Waals surface area contributed by atoms with Crippen LogP contribution in [0, 0.1) is 5.82 Å². The van der Waals surface area contributed by atoms with Gasteiger partial charge in [-0.15, -0.1) is 0 Å². The van der Waals surface area contributed by atoms with Gasteiger partial charge in [-0.05, 0) is 40.2 Å². The summed E-state index contributed by atoms with van der Waals surface area (Å²) in [5.74, 6) is -0.0579. The fourth-order valence-electron chi connectivity index (χ4n) is 1.96. The molecule has 0 radical (unpaired) electrons. The van der Waals surface area contributed by atoms with E-state index in [9.17, 15) is 12.8 Å². The Bertz CT molecular complexity index is 777. The molecule has 0 unspecified atom stereocenters. The molecule has 1 heterocycles. The molecule has 0 fully saturated rings. The molecule has 0 N–H and O–H groups in total. The lowest BCUT2D eigenvalue weighted by Crippen LogP contribution is -2.39. The van der Waals surface area contributed by atoms with Crippen LogP contribution in [0.4, 0.5) is 4.39 Å². The lowest BCUT2D eigenvalue weighted by molar-refractivity contribution is 0.356. The Morgan fingerprint density at radius 1 is 1.17 bits per heavy atom. The van der Waals surface area contributed by atoms with E-state index in [-0.39, 0.29) is 23.7 Å². The zero-order valence-electron chi connectivity index (χ0n) is 12.5. The third-order valence-electron chi connectivity index (χ3n) is 3.24. The van der Waals surface area contributed by atoms with E-state index in [2.05, 4.69) is 15.9 Å². The minimum atomic E-state index is -3.79. The number of rotatable bonds is 6. The fourth-order valence-corrected chi connectivity index (χ4v) is 3.58. The Hall–Kier alpha value is -0.930. The van der Waals surface area contributed by atoms with Gasteiger partial charge in [-0.3, -0.25) is 0 Å². The highest BCUT2D eigenvalue weighted by Gasteiger charge is 2.26. The Morgan fingerprint density at radius 2 is 1.83 bits per heavy atom. The van der Waals surface area contributed by atoms with Gasteiger partial charge in [-0.25, -0.2) is 4.39 Å². The summed E-state index contributed by atoms with van der Waals surface area (Å²) in [6.07, 6.45) is 0. The number of hydrogen-bond donors (Lipinski definition) is 0. The molecule has 2 rings (SSSR count). The maximum absolute atomic E-state index is 13.8. The minimum Gasteiger partial charge on any atom is -0.453 e. The van der Waals surface area contributed by atoms with Crippen molar-refractivity contribution in [2.75, 3.05) is 14.1 Å². The van der Waals surface area contributed by atoms with Crippen molar-refractivity contribution in [1.29, 1.82) is 0 Å². The topological polar surface area (TPSA) is 53.8 Å². The van der Waals surface area contributed by atoms with E-state index in [4.69, 9.17) is 16.0 Å². The summed E-state index contributed by atoms with van der Waals surface area (Å²) < 4.78 is 46.8. The van der Waals surface area contributed by atoms with Crippen molar-refractivity contribution in [3.8, 4) is 0 Å². The maximum Gasteiger partial charge on any atom is 0.282 e. The fraction of sp³-hybridized carbons (Fsp3) is 0.286. The monoisotopic (exact) mass is 424 g/mol. The molecule has 23 heavy (non-hydrogen) atoms. The standard InChI is InChI=1S/C14H15BrClFN2O3S/c1-18(8-10-6-7-14(15)22-10)23(20,21)19(2)9-11-12(16)4-3-5-13(11)17/h3-7H,8-9H2,1-2H3. The lowest BCUT2D eigenvalue weighted by atomic mass is 10.2. The molecule has 9 heteroatoms. The van der Waals surface area contributed by atoms with E-state index >= 15 is 0 Å². The Morgan fingerprint density at radius 3 is 2.39 bits per heavy atom. The Balaban J connectivity index is 2.14. The second kappa shape index (κ2) is 7.31. The van der Waals surface area contributed by atoms with Crippen LogP contribution in [-0.4, -0.2) is 31.1 Å². The molecule has 1 aromatic heterocycles. The summed E-state index contributed by atoms with van der Waals surface area (Å²) in [6.45, 7) is -0.108. The third kappa shape index (κ3) is 4.33. The highest BCUT2D eigenvalue weighted by Crippen LogP contribution is 2.23. The van der Waals surface area contributed by atoms with Gasteiger partial charge in [0, 0.05) is 31.2 Å². The van der Waals surface area contributed by atoms with Gasteiger partial charge in [-0.2, -0.15) is 17.0 Å². The molecule has 0 spiro atoms. The van der Waals surface area contributed by atoms with Crippen molar-refractivity contribution in [1.82, 2.24) is 8.61 Å². The molecule has 0 bridgehead atoms. The number of furan rings is 1. The number of nitrogens with zero attached hydrogens (tertiary/aromatic N) is 2. The summed E-state index contributed by atoms with van der Waals surface area (Å²) >= 11 is 9.10. The maximum atomic E-state index is 13.8. The van der Waals surface area contributed by atoms with E-state index in [0.29, 0.717) is 10.4 Å². The van der Waals surface area contributed by atoms with E-state index in [1.807, 2.05) is 0 Å². The molecule has 126 valence electrons. The number of benzene rings is 1. The van der Waals surface area contributed by atoms with Gasteiger partial charge in [0.05, 0.1) is 6.54 Å². The van der Waals surface area contributed by atoms with E-state index < -0.39 is 16.0 Å². The van der Waals surface area contributed by atoms with Crippen molar-refractivity contribution in [3.05, 3.63) is 57.2 Å². The molecule has 1 aromatic carbocycles. The van der Waals surface area contributed by atoms with Crippen LogP contribution in [0.5, 0.6) is 0 Å². The first-order valence-electron chi connectivity index (χ1n) is 6.56. The lowest BCUT2D eigenvalue weighted by Gasteiger charge is -2.24. The van der Waals surface area contributed by atoms with Gasteiger partial charge in [0.25, 0.3) is 10.2 Å². The SMILES string of the molecule is CN(Cc1ccc(Br)o1)S(=O)(=O)N(C)Cc1c(F)cccc1Cl. The van der Waals surface area contributed by atoms with Crippen LogP contribution in [0.2, 0.25) is 5.02 Å². The zero-order valence-corrected chi connectivity index (χ0v) is 15.6. The highest BCUT2D eigenvalue weighted by atomic mass is 79.9. The van der Waals surface area contributed by atoms with Gasteiger partial charge < -0.3 is 4.42 Å².